The summed E-state index contributed by atoms with van der Waals surface area (Å²) < 4.78 is 51.4. The van der Waals surface area contributed by atoms with Crippen molar-refractivity contribution in [1.82, 2.24) is 5.32 Å². The number of anilines is 1. The lowest BCUT2D eigenvalue weighted by atomic mass is 10.1. The van der Waals surface area contributed by atoms with Gasteiger partial charge in [0.15, 0.2) is 0 Å². The van der Waals surface area contributed by atoms with Crippen molar-refractivity contribution in [3.63, 3.8) is 0 Å². The predicted octanol–water partition coefficient (Wildman–Crippen LogP) is 2.09. The van der Waals surface area contributed by atoms with E-state index in [9.17, 15) is 22.0 Å². The Kier molecular flexibility index (Phi) is 6.08. The maximum absolute atomic E-state index is 13.5. The molecule has 2 rings (SSSR count). The molecule has 0 spiro atoms. The molecule has 134 valence electrons. The van der Waals surface area contributed by atoms with E-state index in [0.717, 1.165) is 22.7 Å². The van der Waals surface area contributed by atoms with E-state index < -0.39 is 27.6 Å². The van der Waals surface area contributed by atoms with Crippen LogP contribution in [0.25, 0.3) is 0 Å². The highest BCUT2D eigenvalue weighted by atomic mass is 32.2. The van der Waals surface area contributed by atoms with Crippen LogP contribution in [0.2, 0.25) is 0 Å². The zero-order chi connectivity index (χ0) is 18.4. The molecule has 1 amide bonds. The number of hydrogen-bond donors (Lipinski definition) is 1. The van der Waals surface area contributed by atoms with E-state index in [1.807, 2.05) is 0 Å². The quantitative estimate of drug-likeness (QED) is 0.814. The summed E-state index contributed by atoms with van der Waals surface area (Å²) >= 11 is 0. The number of benzene rings is 2. The molecule has 0 heterocycles. The lowest BCUT2D eigenvalue weighted by Gasteiger charge is -2.22. The van der Waals surface area contributed by atoms with Crippen LogP contribution in [0.3, 0.4) is 0 Å². The van der Waals surface area contributed by atoms with E-state index >= 15 is 0 Å². The van der Waals surface area contributed by atoms with Crippen LogP contribution in [-0.4, -0.2) is 33.7 Å². The van der Waals surface area contributed by atoms with Crippen LogP contribution in [0.1, 0.15) is 5.56 Å². The molecule has 2 aromatic rings. The molecule has 0 saturated heterocycles. The van der Waals surface area contributed by atoms with E-state index in [-0.39, 0.29) is 25.1 Å². The van der Waals surface area contributed by atoms with Crippen molar-refractivity contribution in [2.24, 2.45) is 0 Å². The van der Waals surface area contributed by atoms with Crippen molar-refractivity contribution >= 4 is 21.6 Å². The number of halogens is 2. The molecule has 1 N–H and O–H groups in total. The summed E-state index contributed by atoms with van der Waals surface area (Å²) in [4.78, 5) is 11.9. The highest BCUT2D eigenvalue weighted by molar-refractivity contribution is 7.92. The fraction of sp³-hybridized carbons (Fsp3) is 0.235. The highest BCUT2D eigenvalue weighted by Gasteiger charge is 2.17. The summed E-state index contributed by atoms with van der Waals surface area (Å²) in [5.41, 5.74) is 0.561. The van der Waals surface area contributed by atoms with Gasteiger partial charge in [-0.2, -0.15) is 0 Å². The van der Waals surface area contributed by atoms with Crippen LogP contribution in [0.5, 0.6) is 0 Å². The molecule has 2 aromatic carbocycles. The number of carbonyl (C=O) groups is 1. The predicted molar refractivity (Wildman–Crippen MR) is 91.7 cm³/mol. The van der Waals surface area contributed by atoms with Crippen molar-refractivity contribution in [1.29, 1.82) is 0 Å². The molecule has 0 atom stereocenters. The summed E-state index contributed by atoms with van der Waals surface area (Å²) in [6.45, 7) is 0.0191. The number of nitrogens with zero attached hydrogens (tertiary/aromatic N) is 1. The fourth-order valence-corrected chi connectivity index (χ4v) is 3.20. The van der Waals surface area contributed by atoms with E-state index in [2.05, 4.69) is 5.32 Å². The Bertz CT molecular complexity index is 839. The number of carbonyl (C=O) groups excluding carboxylic acids is 1. The first kappa shape index (κ1) is 18.9. The Hall–Kier alpha value is -2.48. The second kappa shape index (κ2) is 8.06. The van der Waals surface area contributed by atoms with Crippen LogP contribution >= 0.6 is 0 Å². The Morgan fingerprint density at radius 1 is 1.08 bits per heavy atom. The zero-order valence-corrected chi connectivity index (χ0v) is 14.4. The summed E-state index contributed by atoms with van der Waals surface area (Å²) in [5.74, 6) is -1.37. The average Bonchev–Trinajstić information content (AvgIpc) is 2.54. The Morgan fingerprint density at radius 2 is 1.72 bits per heavy atom. The van der Waals surface area contributed by atoms with Gasteiger partial charge in [0.25, 0.3) is 0 Å². The van der Waals surface area contributed by atoms with Gasteiger partial charge in [-0.1, -0.05) is 18.2 Å². The molecule has 8 heteroatoms. The molecule has 0 saturated carbocycles. The van der Waals surface area contributed by atoms with Gasteiger partial charge < -0.3 is 5.32 Å². The summed E-state index contributed by atoms with van der Waals surface area (Å²) in [7, 11) is -3.59. The van der Waals surface area contributed by atoms with Crippen molar-refractivity contribution in [2.75, 3.05) is 23.7 Å². The minimum absolute atomic E-state index is 0.0204. The van der Waals surface area contributed by atoms with Crippen LogP contribution in [0.4, 0.5) is 14.5 Å². The van der Waals surface area contributed by atoms with Gasteiger partial charge >= 0.3 is 0 Å². The molecule has 0 radical (unpaired) electrons. The van der Waals surface area contributed by atoms with E-state index in [1.54, 1.807) is 6.07 Å². The third kappa shape index (κ3) is 5.53. The molecule has 0 unspecified atom stereocenters. The Labute approximate surface area is 145 Å². The topological polar surface area (TPSA) is 66.5 Å². The lowest BCUT2D eigenvalue weighted by Crippen LogP contribution is -2.38. The smallest absolute Gasteiger partial charge is 0.232 e. The van der Waals surface area contributed by atoms with Gasteiger partial charge in [0.05, 0.1) is 24.9 Å². The van der Waals surface area contributed by atoms with E-state index in [4.69, 9.17) is 0 Å². The van der Waals surface area contributed by atoms with Crippen molar-refractivity contribution in [2.45, 2.75) is 6.42 Å². The summed E-state index contributed by atoms with van der Waals surface area (Å²) in [5, 5.41) is 2.56. The first-order valence-corrected chi connectivity index (χ1v) is 9.35. The van der Waals surface area contributed by atoms with E-state index in [1.165, 1.54) is 30.3 Å². The summed E-state index contributed by atoms with van der Waals surface area (Å²) in [6.07, 6.45) is 0.889. The number of rotatable bonds is 7. The zero-order valence-electron chi connectivity index (χ0n) is 13.6. The molecule has 0 aromatic heterocycles. The van der Waals surface area contributed by atoms with Crippen LogP contribution in [0, 0.1) is 11.6 Å². The second-order valence-electron chi connectivity index (χ2n) is 5.43. The van der Waals surface area contributed by atoms with Gasteiger partial charge in [0.2, 0.25) is 15.9 Å². The third-order valence-electron chi connectivity index (χ3n) is 3.46. The van der Waals surface area contributed by atoms with Gasteiger partial charge in [0.1, 0.15) is 11.6 Å². The van der Waals surface area contributed by atoms with Crippen molar-refractivity contribution in [3.05, 3.63) is 65.7 Å². The van der Waals surface area contributed by atoms with Gasteiger partial charge in [-0.25, -0.2) is 17.2 Å². The third-order valence-corrected chi connectivity index (χ3v) is 4.65. The molecule has 0 fully saturated rings. The minimum Gasteiger partial charge on any atom is -0.354 e. The monoisotopic (exact) mass is 368 g/mol. The van der Waals surface area contributed by atoms with Crippen molar-refractivity contribution in [3.8, 4) is 0 Å². The number of nitrogens with one attached hydrogen (secondary N) is 1. The molecule has 5 nitrogen and oxygen atoms in total. The van der Waals surface area contributed by atoms with Gasteiger partial charge in [-0.05, 0) is 35.9 Å². The van der Waals surface area contributed by atoms with Crippen LogP contribution in [0.15, 0.2) is 48.5 Å². The largest absolute Gasteiger partial charge is 0.354 e. The standard InChI is InChI=1S/C17H18F2N2O3S/c1-25(23,24)21(15-8-6-14(18)7-9-15)11-10-20-17(22)12-13-4-2-3-5-16(13)19/h2-9H,10-12H2,1H3,(H,20,22). The molecule has 0 aliphatic rings. The molecule has 0 aliphatic carbocycles. The van der Waals surface area contributed by atoms with Crippen LogP contribution < -0.4 is 9.62 Å². The maximum atomic E-state index is 13.5. The van der Waals surface area contributed by atoms with Gasteiger partial charge in [0, 0.05) is 6.54 Å². The normalized spacial score (nSPS) is 11.2. The minimum atomic E-state index is -3.59. The van der Waals surface area contributed by atoms with Gasteiger partial charge in [-0.3, -0.25) is 9.10 Å². The first-order chi connectivity index (χ1) is 11.8. The Morgan fingerprint density at radius 3 is 2.32 bits per heavy atom. The maximum Gasteiger partial charge on any atom is 0.232 e. The Balaban J connectivity index is 1.96. The SMILES string of the molecule is CS(=O)(=O)N(CCNC(=O)Cc1ccccc1F)c1ccc(F)cc1. The highest BCUT2D eigenvalue weighted by Crippen LogP contribution is 2.17. The fourth-order valence-electron chi connectivity index (χ4n) is 2.27. The summed E-state index contributed by atoms with van der Waals surface area (Å²) in [6, 6.07) is 10.9. The number of hydrogen-bond acceptors (Lipinski definition) is 3. The number of sulfonamides is 1. The van der Waals surface area contributed by atoms with Crippen molar-refractivity contribution < 1.29 is 22.0 Å². The van der Waals surface area contributed by atoms with Crippen LogP contribution in [-0.2, 0) is 21.2 Å². The lowest BCUT2D eigenvalue weighted by molar-refractivity contribution is -0.120. The second-order valence-corrected chi connectivity index (χ2v) is 7.34. The molecular formula is C17H18F2N2O3S. The molecular weight excluding hydrogens is 350 g/mol. The molecule has 0 bridgehead atoms. The molecule has 25 heavy (non-hydrogen) atoms. The van der Waals surface area contributed by atoms with Gasteiger partial charge in [-0.15, -0.1) is 0 Å². The average molecular weight is 368 g/mol. The number of amides is 1. The first-order valence-electron chi connectivity index (χ1n) is 7.51. The molecule has 0 aliphatic heterocycles. The van der Waals surface area contributed by atoms with E-state index in [0.29, 0.717) is 5.69 Å².